The van der Waals surface area contributed by atoms with Crippen LogP contribution < -0.4 is 0 Å². The molecule has 0 aliphatic rings. The standard InChI is InChI=1S/C12H16BrN5O/c1-4-18-6-5-9(14-18)7-16(2)12(19)11-10(13)8-17(3)15-11/h5-6,8H,4,7H2,1-3H3. The molecule has 0 atom stereocenters. The molecule has 0 radical (unpaired) electrons. The lowest BCUT2D eigenvalue weighted by atomic mass is 10.3. The van der Waals surface area contributed by atoms with Crippen LogP contribution in [-0.4, -0.2) is 37.4 Å². The van der Waals surface area contributed by atoms with E-state index in [1.807, 2.05) is 23.9 Å². The van der Waals surface area contributed by atoms with Gasteiger partial charge in [0.2, 0.25) is 0 Å². The Kier molecular flexibility index (Phi) is 4.04. The highest BCUT2D eigenvalue weighted by atomic mass is 79.9. The van der Waals surface area contributed by atoms with Crippen LogP contribution in [0.25, 0.3) is 0 Å². The molecule has 19 heavy (non-hydrogen) atoms. The number of carbonyl (C=O) groups excluding carboxylic acids is 1. The first-order chi connectivity index (χ1) is 9.01. The van der Waals surface area contributed by atoms with E-state index < -0.39 is 0 Å². The Hall–Kier alpha value is -1.63. The number of hydrogen-bond donors (Lipinski definition) is 0. The van der Waals surface area contributed by atoms with E-state index in [0.717, 1.165) is 12.2 Å². The van der Waals surface area contributed by atoms with Crippen molar-refractivity contribution in [2.75, 3.05) is 7.05 Å². The van der Waals surface area contributed by atoms with Crippen molar-refractivity contribution in [3.05, 3.63) is 34.3 Å². The maximum atomic E-state index is 12.2. The van der Waals surface area contributed by atoms with Crippen molar-refractivity contribution in [1.29, 1.82) is 0 Å². The van der Waals surface area contributed by atoms with E-state index in [1.54, 1.807) is 29.9 Å². The van der Waals surface area contributed by atoms with Crippen molar-refractivity contribution >= 4 is 21.8 Å². The maximum absolute atomic E-state index is 12.2. The molecule has 0 saturated carbocycles. The van der Waals surface area contributed by atoms with Gasteiger partial charge in [0.25, 0.3) is 5.91 Å². The molecule has 102 valence electrons. The number of amides is 1. The van der Waals surface area contributed by atoms with Crippen LogP contribution in [0.5, 0.6) is 0 Å². The van der Waals surface area contributed by atoms with Gasteiger partial charge in [-0.3, -0.25) is 14.2 Å². The number of aryl methyl sites for hydroxylation is 2. The first-order valence-corrected chi connectivity index (χ1v) is 6.77. The molecule has 0 bridgehead atoms. The average molecular weight is 326 g/mol. The Morgan fingerprint density at radius 1 is 1.47 bits per heavy atom. The Morgan fingerprint density at radius 3 is 2.74 bits per heavy atom. The molecule has 0 saturated heterocycles. The zero-order chi connectivity index (χ0) is 14.0. The first kappa shape index (κ1) is 13.8. The lowest BCUT2D eigenvalue weighted by molar-refractivity contribution is 0.0775. The summed E-state index contributed by atoms with van der Waals surface area (Å²) in [5.74, 6) is -0.126. The fourth-order valence-electron chi connectivity index (χ4n) is 1.76. The molecule has 2 heterocycles. The second kappa shape index (κ2) is 5.56. The van der Waals surface area contributed by atoms with Gasteiger partial charge in [-0.1, -0.05) is 0 Å². The lowest BCUT2D eigenvalue weighted by Gasteiger charge is -2.14. The molecular formula is C12H16BrN5O. The zero-order valence-electron chi connectivity index (χ0n) is 11.2. The second-order valence-corrected chi connectivity index (χ2v) is 5.18. The number of nitrogens with zero attached hydrogens (tertiary/aromatic N) is 5. The predicted molar refractivity (Wildman–Crippen MR) is 74.6 cm³/mol. The minimum Gasteiger partial charge on any atom is -0.334 e. The first-order valence-electron chi connectivity index (χ1n) is 5.98. The molecule has 0 unspecified atom stereocenters. The zero-order valence-corrected chi connectivity index (χ0v) is 12.8. The highest BCUT2D eigenvalue weighted by Gasteiger charge is 2.19. The normalized spacial score (nSPS) is 10.7. The molecule has 0 aliphatic heterocycles. The summed E-state index contributed by atoms with van der Waals surface area (Å²) in [7, 11) is 3.53. The van der Waals surface area contributed by atoms with Crippen LogP contribution in [0.2, 0.25) is 0 Å². The van der Waals surface area contributed by atoms with E-state index in [4.69, 9.17) is 0 Å². The summed E-state index contributed by atoms with van der Waals surface area (Å²) in [6.45, 7) is 3.31. The summed E-state index contributed by atoms with van der Waals surface area (Å²) in [5, 5.41) is 8.51. The van der Waals surface area contributed by atoms with E-state index in [2.05, 4.69) is 26.1 Å². The predicted octanol–water partition coefficient (Wildman–Crippen LogP) is 1.67. The average Bonchev–Trinajstić information content (AvgIpc) is 2.94. The summed E-state index contributed by atoms with van der Waals surface area (Å²) in [6.07, 6.45) is 3.66. The van der Waals surface area contributed by atoms with Gasteiger partial charge < -0.3 is 4.90 Å². The van der Waals surface area contributed by atoms with Gasteiger partial charge in [0.15, 0.2) is 5.69 Å². The van der Waals surface area contributed by atoms with Crippen molar-refractivity contribution in [2.24, 2.45) is 7.05 Å². The highest BCUT2D eigenvalue weighted by molar-refractivity contribution is 9.10. The Balaban J connectivity index is 2.09. The topological polar surface area (TPSA) is 56.0 Å². The summed E-state index contributed by atoms with van der Waals surface area (Å²) in [6, 6.07) is 1.92. The van der Waals surface area contributed by atoms with Gasteiger partial charge in [-0.2, -0.15) is 10.2 Å². The van der Waals surface area contributed by atoms with Crippen molar-refractivity contribution in [2.45, 2.75) is 20.0 Å². The summed E-state index contributed by atoms with van der Waals surface area (Å²) >= 11 is 3.34. The van der Waals surface area contributed by atoms with E-state index in [1.165, 1.54) is 0 Å². The Morgan fingerprint density at radius 2 is 2.21 bits per heavy atom. The van der Waals surface area contributed by atoms with Gasteiger partial charge in [0.1, 0.15) is 0 Å². The SMILES string of the molecule is CCn1ccc(CN(C)C(=O)c2nn(C)cc2Br)n1. The minimum atomic E-state index is -0.126. The molecule has 6 nitrogen and oxygen atoms in total. The van der Waals surface area contributed by atoms with Gasteiger partial charge in [0, 0.05) is 33.0 Å². The molecule has 1 amide bonds. The third kappa shape index (κ3) is 3.04. The Bertz CT molecular complexity index is 589. The third-order valence-electron chi connectivity index (χ3n) is 2.75. The van der Waals surface area contributed by atoms with E-state index in [9.17, 15) is 4.79 Å². The number of aromatic nitrogens is 4. The lowest BCUT2D eigenvalue weighted by Crippen LogP contribution is -2.27. The molecule has 0 aromatic carbocycles. The van der Waals surface area contributed by atoms with E-state index in [0.29, 0.717) is 16.7 Å². The molecule has 7 heteroatoms. The third-order valence-corrected chi connectivity index (χ3v) is 3.33. The van der Waals surface area contributed by atoms with Gasteiger partial charge >= 0.3 is 0 Å². The van der Waals surface area contributed by atoms with E-state index in [-0.39, 0.29) is 5.91 Å². The van der Waals surface area contributed by atoms with Crippen LogP contribution in [0.15, 0.2) is 22.9 Å². The van der Waals surface area contributed by atoms with Crippen molar-refractivity contribution in [1.82, 2.24) is 24.5 Å². The van der Waals surface area contributed by atoms with Crippen molar-refractivity contribution < 1.29 is 4.79 Å². The van der Waals surface area contributed by atoms with Crippen LogP contribution in [0.4, 0.5) is 0 Å². The molecule has 2 aromatic rings. The number of rotatable bonds is 4. The molecular weight excluding hydrogens is 310 g/mol. The summed E-state index contributed by atoms with van der Waals surface area (Å²) in [5.41, 5.74) is 1.28. The Labute approximate surface area is 120 Å². The molecule has 2 aromatic heterocycles. The maximum Gasteiger partial charge on any atom is 0.275 e. The number of halogens is 1. The monoisotopic (exact) mass is 325 g/mol. The van der Waals surface area contributed by atoms with Crippen molar-refractivity contribution in [3.8, 4) is 0 Å². The smallest absolute Gasteiger partial charge is 0.275 e. The van der Waals surface area contributed by atoms with Crippen LogP contribution in [0, 0.1) is 0 Å². The highest BCUT2D eigenvalue weighted by Crippen LogP contribution is 2.16. The van der Waals surface area contributed by atoms with Crippen molar-refractivity contribution in [3.63, 3.8) is 0 Å². The summed E-state index contributed by atoms with van der Waals surface area (Å²) < 4.78 is 4.15. The molecule has 2 rings (SSSR count). The quantitative estimate of drug-likeness (QED) is 0.859. The minimum absolute atomic E-state index is 0.126. The van der Waals surface area contributed by atoms with Gasteiger partial charge in [-0.05, 0) is 28.9 Å². The van der Waals surface area contributed by atoms with E-state index >= 15 is 0 Å². The van der Waals surface area contributed by atoms with Crippen LogP contribution in [0.3, 0.4) is 0 Å². The number of hydrogen-bond acceptors (Lipinski definition) is 3. The fraction of sp³-hybridized carbons (Fsp3) is 0.417. The number of carbonyl (C=O) groups is 1. The fourth-order valence-corrected chi connectivity index (χ4v) is 2.31. The van der Waals surface area contributed by atoms with Gasteiger partial charge in [0.05, 0.1) is 16.7 Å². The molecule has 0 N–H and O–H groups in total. The second-order valence-electron chi connectivity index (χ2n) is 4.32. The van der Waals surface area contributed by atoms with Gasteiger partial charge in [-0.25, -0.2) is 0 Å². The largest absolute Gasteiger partial charge is 0.334 e. The molecule has 0 spiro atoms. The molecule has 0 aliphatic carbocycles. The van der Waals surface area contributed by atoms with Crippen LogP contribution >= 0.6 is 15.9 Å². The summed E-state index contributed by atoms with van der Waals surface area (Å²) in [4.78, 5) is 13.9. The van der Waals surface area contributed by atoms with Crippen LogP contribution in [0.1, 0.15) is 23.1 Å². The molecule has 0 fully saturated rings. The van der Waals surface area contributed by atoms with Gasteiger partial charge in [-0.15, -0.1) is 0 Å². The van der Waals surface area contributed by atoms with Crippen LogP contribution in [-0.2, 0) is 20.1 Å².